The Hall–Kier alpha value is -2.34. The number of aromatic nitrogens is 1. The average Bonchev–Trinajstić information content (AvgIpc) is 2.87. The second kappa shape index (κ2) is 5.53. The van der Waals surface area contributed by atoms with E-state index in [1.54, 1.807) is 24.3 Å². The van der Waals surface area contributed by atoms with Crippen molar-refractivity contribution in [3.05, 3.63) is 41.8 Å². The fourth-order valence-corrected chi connectivity index (χ4v) is 1.52. The van der Waals surface area contributed by atoms with Gasteiger partial charge in [-0.25, -0.2) is 4.79 Å². The van der Waals surface area contributed by atoms with Gasteiger partial charge in [-0.2, -0.15) is 4.98 Å². The van der Waals surface area contributed by atoms with Crippen LogP contribution < -0.4 is 11.1 Å². The standard InChI is InChI=1S/C13H15N3O3/c1-8(14)11-7-19-13(16-11)15-10-5-3-4-9(6-10)12(17)18-2/h3-8H,14H2,1-2H3,(H,15,16). The Labute approximate surface area is 110 Å². The summed E-state index contributed by atoms with van der Waals surface area (Å²) in [6.45, 7) is 1.82. The van der Waals surface area contributed by atoms with E-state index in [2.05, 4.69) is 15.0 Å². The molecule has 0 bridgehead atoms. The number of hydrogen-bond acceptors (Lipinski definition) is 6. The van der Waals surface area contributed by atoms with Gasteiger partial charge in [-0.3, -0.25) is 0 Å². The predicted octanol–water partition coefficient (Wildman–Crippen LogP) is 2.22. The summed E-state index contributed by atoms with van der Waals surface area (Å²) in [6, 6.07) is 6.99. The quantitative estimate of drug-likeness (QED) is 0.820. The molecule has 6 nitrogen and oxygen atoms in total. The second-order valence-electron chi connectivity index (χ2n) is 4.06. The smallest absolute Gasteiger partial charge is 0.337 e. The first kappa shape index (κ1) is 13.1. The molecule has 1 unspecified atom stereocenters. The van der Waals surface area contributed by atoms with Crippen LogP contribution >= 0.6 is 0 Å². The number of carbonyl (C=O) groups excluding carboxylic acids is 1. The molecule has 2 rings (SSSR count). The van der Waals surface area contributed by atoms with Crippen molar-refractivity contribution in [2.45, 2.75) is 13.0 Å². The second-order valence-corrected chi connectivity index (χ2v) is 4.06. The van der Waals surface area contributed by atoms with Crippen LogP contribution in [0.3, 0.4) is 0 Å². The fraction of sp³-hybridized carbons (Fsp3) is 0.231. The molecule has 1 aromatic heterocycles. The molecule has 0 aliphatic heterocycles. The molecular formula is C13H15N3O3. The summed E-state index contributed by atoms with van der Waals surface area (Å²) in [5, 5.41) is 2.96. The van der Waals surface area contributed by atoms with Crippen LogP contribution in [0.5, 0.6) is 0 Å². The van der Waals surface area contributed by atoms with Crippen LogP contribution in [0.1, 0.15) is 29.0 Å². The van der Waals surface area contributed by atoms with Crippen LogP contribution in [0.15, 0.2) is 34.9 Å². The van der Waals surface area contributed by atoms with Crippen LogP contribution in [-0.2, 0) is 4.74 Å². The molecule has 19 heavy (non-hydrogen) atoms. The summed E-state index contributed by atoms with van der Waals surface area (Å²) < 4.78 is 9.89. The zero-order valence-electron chi connectivity index (χ0n) is 10.7. The van der Waals surface area contributed by atoms with Gasteiger partial charge in [-0.15, -0.1) is 0 Å². The number of benzene rings is 1. The number of carbonyl (C=O) groups is 1. The van der Waals surface area contributed by atoms with E-state index in [1.165, 1.54) is 13.4 Å². The number of rotatable bonds is 4. The molecule has 1 aromatic carbocycles. The predicted molar refractivity (Wildman–Crippen MR) is 70.2 cm³/mol. The van der Waals surface area contributed by atoms with Gasteiger partial charge in [0.1, 0.15) is 6.26 Å². The van der Waals surface area contributed by atoms with Gasteiger partial charge in [0.15, 0.2) is 0 Å². The van der Waals surface area contributed by atoms with Crippen molar-refractivity contribution < 1.29 is 13.9 Å². The van der Waals surface area contributed by atoms with E-state index in [-0.39, 0.29) is 6.04 Å². The monoisotopic (exact) mass is 261 g/mol. The molecule has 1 atom stereocenters. The number of nitrogens with two attached hydrogens (primary N) is 1. The van der Waals surface area contributed by atoms with E-state index in [0.29, 0.717) is 23.0 Å². The summed E-state index contributed by atoms with van der Waals surface area (Å²) in [7, 11) is 1.34. The lowest BCUT2D eigenvalue weighted by Crippen LogP contribution is -2.05. The Morgan fingerprint density at radius 1 is 1.53 bits per heavy atom. The summed E-state index contributed by atoms with van der Waals surface area (Å²) in [5.41, 5.74) is 7.48. The Morgan fingerprint density at radius 2 is 2.32 bits per heavy atom. The maximum Gasteiger partial charge on any atom is 0.337 e. The maximum absolute atomic E-state index is 11.4. The van der Waals surface area contributed by atoms with E-state index in [1.807, 2.05) is 6.92 Å². The number of esters is 1. The normalized spacial score (nSPS) is 11.9. The largest absolute Gasteiger partial charge is 0.465 e. The first-order valence-electron chi connectivity index (χ1n) is 5.76. The van der Waals surface area contributed by atoms with Crippen molar-refractivity contribution in [3.63, 3.8) is 0 Å². The molecule has 0 spiro atoms. The summed E-state index contributed by atoms with van der Waals surface area (Å²) in [4.78, 5) is 15.6. The van der Waals surface area contributed by atoms with Crippen molar-refractivity contribution in [2.75, 3.05) is 12.4 Å². The number of oxazole rings is 1. The number of anilines is 2. The summed E-state index contributed by atoms with van der Waals surface area (Å²) >= 11 is 0. The molecule has 0 aliphatic rings. The van der Waals surface area contributed by atoms with Crippen molar-refractivity contribution in [2.24, 2.45) is 5.73 Å². The molecule has 0 fully saturated rings. The molecule has 0 amide bonds. The molecule has 2 aromatic rings. The third-order valence-electron chi connectivity index (χ3n) is 2.52. The Bertz CT molecular complexity index is 578. The highest BCUT2D eigenvalue weighted by Crippen LogP contribution is 2.19. The van der Waals surface area contributed by atoms with Gasteiger partial charge in [0.25, 0.3) is 6.01 Å². The minimum atomic E-state index is -0.396. The van der Waals surface area contributed by atoms with E-state index >= 15 is 0 Å². The molecule has 0 aliphatic carbocycles. The molecular weight excluding hydrogens is 246 g/mol. The zero-order valence-corrected chi connectivity index (χ0v) is 10.7. The van der Waals surface area contributed by atoms with Crippen LogP contribution in [0, 0.1) is 0 Å². The highest BCUT2D eigenvalue weighted by atomic mass is 16.5. The molecule has 0 saturated carbocycles. The third-order valence-corrected chi connectivity index (χ3v) is 2.52. The molecule has 0 radical (unpaired) electrons. The third kappa shape index (κ3) is 3.11. The Kier molecular flexibility index (Phi) is 3.82. The van der Waals surface area contributed by atoms with Crippen LogP contribution in [0.2, 0.25) is 0 Å². The first-order chi connectivity index (χ1) is 9.10. The van der Waals surface area contributed by atoms with Gasteiger partial charge >= 0.3 is 5.97 Å². The number of nitrogens with zero attached hydrogens (tertiary/aromatic N) is 1. The first-order valence-corrected chi connectivity index (χ1v) is 5.76. The molecule has 100 valence electrons. The van der Waals surface area contributed by atoms with Gasteiger partial charge in [0.05, 0.1) is 18.4 Å². The van der Waals surface area contributed by atoms with Gasteiger partial charge in [0, 0.05) is 11.7 Å². The number of ether oxygens (including phenoxy) is 1. The highest BCUT2D eigenvalue weighted by Gasteiger charge is 2.09. The van der Waals surface area contributed by atoms with Crippen LogP contribution in [0.4, 0.5) is 11.7 Å². The number of hydrogen-bond donors (Lipinski definition) is 2. The average molecular weight is 261 g/mol. The lowest BCUT2D eigenvalue weighted by atomic mass is 10.2. The lowest BCUT2D eigenvalue weighted by Gasteiger charge is -2.04. The van der Waals surface area contributed by atoms with Gasteiger partial charge < -0.3 is 20.2 Å². The summed E-state index contributed by atoms with van der Waals surface area (Å²) in [6.07, 6.45) is 1.50. The highest BCUT2D eigenvalue weighted by molar-refractivity contribution is 5.90. The molecule has 6 heteroatoms. The minimum Gasteiger partial charge on any atom is -0.465 e. The number of methoxy groups -OCH3 is 1. The van der Waals surface area contributed by atoms with Crippen molar-refractivity contribution in [3.8, 4) is 0 Å². The van der Waals surface area contributed by atoms with E-state index in [9.17, 15) is 4.79 Å². The Morgan fingerprint density at radius 3 is 2.95 bits per heavy atom. The van der Waals surface area contributed by atoms with Crippen molar-refractivity contribution in [1.82, 2.24) is 4.98 Å². The summed E-state index contributed by atoms with van der Waals surface area (Å²) in [5.74, 6) is -0.396. The SMILES string of the molecule is COC(=O)c1cccc(Nc2nc(C(C)N)co2)c1. The fourth-order valence-electron chi connectivity index (χ4n) is 1.52. The van der Waals surface area contributed by atoms with Crippen molar-refractivity contribution >= 4 is 17.7 Å². The van der Waals surface area contributed by atoms with Gasteiger partial charge in [-0.05, 0) is 25.1 Å². The molecule has 1 heterocycles. The van der Waals surface area contributed by atoms with Crippen LogP contribution in [-0.4, -0.2) is 18.1 Å². The van der Waals surface area contributed by atoms with Crippen LogP contribution in [0.25, 0.3) is 0 Å². The zero-order chi connectivity index (χ0) is 13.8. The lowest BCUT2D eigenvalue weighted by molar-refractivity contribution is 0.0601. The topological polar surface area (TPSA) is 90.4 Å². The maximum atomic E-state index is 11.4. The molecule has 3 N–H and O–H groups in total. The van der Waals surface area contributed by atoms with E-state index in [0.717, 1.165) is 0 Å². The Balaban J connectivity index is 2.16. The van der Waals surface area contributed by atoms with E-state index < -0.39 is 5.97 Å². The van der Waals surface area contributed by atoms with E-state index in [4.69, 9.17) is 10.2 Å². The van der Waals surface area contributed by atoms with Gasteiger partial charge in [0.2, 0.25) is 0 Å². The molecule has 0 saturated heterocycles. The van der Waals surface area contributed by atoms with Gasteiger partial charge in [-0.1, -0.05) is 6.07 Å². The van der Waals surface area contributed by atoms with Crippen molar-refractivity contribution in [1.29, 1.82) is 0 Å². The number of nitrogens with one attached hydrogen (secondary N) is 1. The minimum absolute atomic E-state index is 0.194.